The molecule has 0 spiro atoms. The maximum atomic E-state index is 11.6. The number of esters is 1. The van der Waals surface area contributed by atoms with E-state index in [0.29, 0.717) is 27.3 Å². The van der Waals surface area contributed by atoms with Crippen molar-refractivity contribution >= 4 is 46.4 Å². The van der Waals surface area contributed by atoms with Crippen LogP contribution in [-0.4, -0.2) is 66.2 Å². The summed E-state index contributed by atoms with van der Waals surface area (Å²) in [4.78, 5) is 50.0. The van der Waals surface area contributed by atoms with Gasteiger partial charge in [-0.3, -0.25) is 25.5 Å². The zero-order valence-corrected chi connectivity index (χ0v) is 28.9. The first-order valence-corrected chi connectivity index (χ1v) is 14.6. The molecule has 5 N–H and O–H groups in total. The van der Waals surface area contributed by atoms with Crippen molar-refractivity contribution in [3.63, 3.8) is 0 Å². The van der Waals surface area contributed by atoms with Gasteiger partial charge in [-0.15, -0.1) is 0 Å². The molecule has 12 nitrogen and oxygen atoms in total. The number of carbonyl (C=O) groups is 3. The van der Waals surface area contributed by atoms with Crippen molar-refractivity contribution in [3.8, 4) is 22.8 Å². The molecule has 15 heteroatoms. The number of aliphatic carboxylic acids is 1. The van der Waals surface area contributed by atoms with E-state index in [1.807, 2.05) is 36.8 Å². The Kier molecular flexibility index (Phi) is 23.5. The van der Waals surface area contributed by atoms with E-state index in [1.165, 1.54) is 29.6 Å². The number of nitrogens with one attached hydrogen (secondary N) is 1. The number of hydrogen-bond donors (Lipinski definition) is 3. The van der Waals surface area contributed by atoms with Gasteiger partial charge in [0.05, 0.1) is 26.5 Å². The molecule has 43 heavy (non-hydrogen) atoms. The number of nitrogens with two attached hydrogens (primary N) is 2. The van der Waals surface area contributed by atoms with Crippen molar-refractivity contribution in [1.29, 1.82) is 0 Å². The topological polar surface area (TPSA) is 199 Å². The molecule has 3 aromatic rings. The minimum Gasteiger partial charge on any atom is -0.550 e. The Morgan fingerprint density at radius 2 is 1.47 bits per heavy atom. The van der Waals surface area contributed by atoms with Crippen molar-refractivity contribution in [2.75, 3.05) is 33.3 Å². The quantitative estimate of drug-likeness (QED) is 0.0364. The monoisotopic (exact) mass is 643 g/mol. The number of ether oxygens (including phenoxy) is 3. The summed E-state index contributed by atoms with van der Waals surface area (Å²) in [6.07, 6.45) is 3.48. The molecule has 2 aromatic carbocycles. The Hall–Kier alpha value is -3.30. The Morgan fingerprint density at radius 1 is 1.00 bits per heavy atom. The number of carboxylic acid groups (broad SMARTS) is 1. The number of amidine groups is 1. The van der Waals surface area contributed by atoms with Gasteiger partial charge in [-0.25, -0.2) is 4.98 Å². The van der Waals surface area contributed by atoms with E-state index >= 15 is 0 Å². The summed E-state index contributed by atoms with van der Waals surface area (Å²) in [7, 11) is 3.17. The van der Waals surface area contributed by atoms with Crippen LogP contribution in [0.4, 0.5) is 0 Å². The van der Waals surface area contributed by atoms with Gasteiger partial charge in [0.1, 0.15) is 17.9 Å². The van der Waals surface area contributed by atoms with Crippen molar-refractivity contribution in [2.24, 2.45) is 5.73 Å². The molecule has 1 heterocycles. The second kappa shape index (κ2) is 24.2. The third-order valence-electron chi connectivity index (χ3n) is 4.56. The van der Waals surface area contributed by atoms with E-state index in [9.17, 15) is 14.4 Å². The smallest absolute Gasteiger partial charge is 0.550 e. The Morgan fingerprint density at radius 3 is 1.86 bits per heavy atom. The number of nitrogens with zero attached hydrogens (tertiary/aromatic N) is 1. The SMILES string of the molecule is CC(=O)[O-].CCOC(=O)CC(=O)c1ccc(OC)cc1.COc1ccc(-c2cc(=O)[nH]c(SC)n2)cc1.CSC(N)=[NH2+].[Na+]. The first-order valence-electron chi connectivity index (χ1n) is 12.1. The summed E-state index contributed by atoms with van der Waals surface area (Å²) in [6, 6.07) is 15.5. The fraction of sp³-hybridized carbons (Fsp3) is 0.286. The summed E-state index contributed by atoms with van der Waals surface area (Å²) in [5, 5.41) is 14.9. The van der Waals surface area contributed by atoms with Crippen LogP contribution in [0.3, 0.4) is 0 Å². The molecule has 3 rings (SSSR count). The van der Waals surface area contributed by atoms with Crippen LogP contribution < -0.4 is 60.8 Å². The molecule has 228 valence electrons. The minimum atomic E-state index is -1.08. The van der Waals surface area contributed by atoms with Gasteiger partial charge in [-0.2, -0.15) is 0 Å². The standard InChI is InChI=1S/C12H12N2O2S.C12H14O4.C2H6N2S.C2H4O2.Na/c1-16-9-5-3-8(4-6-9)10-7-11(15)14-12(13-10)17-2;1-3-16-12(14)8-11(13)9-4-6-10(15-2)7-5-9;1-5-2(3)4;1-2(3)4;/h3-7H,1-2H3,(H,13,14,15);4-7H,3,8H2,1-2H3;1H3,(H3,3,4);1H3,(H,3,4);/q;;;;+1. The van der Waals surface area contributed by atoms with Gasteiger partial charge in [0.15, 0.2) is 10.9 Å². The van der Waals surface area contributed by atoms with Crippen molar-refractivity contribution < 1.29 is 68.7 Å². The van der Waals surface area contributed by atoms with Gasteiger partial charge in [-0.05, 0) is 86.7 Å². The van der Waals surface area contributed by atoms with Crippen LogP contribution in [0.15, 0.2) is 64.5 Å². The number of benzene rings is 2. The largest absolute Gasteiger partial charge is 1.00 e. The van der Waals surface area contributed by atoms with E-state index in [0.717, 1.165) is 18.2 Å². The number of thioether (sulfide) groups is 2. The first-order chi connectivity index (χ1) is 19.9. The van der Waals surface area contributed by atoms with Gasteiger partial charge < -0.3 is 29.1 Å². The van der Waals surface area contributed by atoms with Crippen molar-refractivity contribution in [2.45, 2.75) is 25.4 Å². The number of carbonyl (C=O) groups excluding carboxylic acids is 3. The van der Waals surface area contributed by atoms with Gasteiger partial charge in [-0.1, -0.05) is 11.8 Å². The van der Waals surface area contributed by atoms with Crippen LogP contribution in [-0.2, 0) is 14.3 Å². The summed E-state index contributed by atoms with van der Waals surface area (Å²) in [6.45, 7) is 2.96. The van der Waals surface area contributed by atoms with Crippen LogP contribution in [0, 0.1) is 0 Å². The summed E-state index contributed by atoms with van der Waals surface area (Å²) in [5.41, 5.74) is 6.85. The van der Waals surface area contributed by atoms with Gasteiger partial charge in [0.25, 0.3) is 10.7 Å². The van der Waals surface area contributed by atoms with Crippen LogP contribution in [0.25, 0.3) is 11.3 Å². The first kappa shape index (κ1) is 41.8. The van der Waals surface area contributed by atoms with Crippen LogP contribution in [0.1, 0.15) is 30.6 Å². The van der Waals surface area contributed by atoms with E-state index in [2.05, 4.69) is 9.97 Å². The number of rotatable bonds is 8. The zero-order valence-electron chi connectivity index (χ0n) is 25.3. The predicted molar refractivity (Wildman–Crippen MR) is 163 cm³/mol. The Balaban J connectivity index is 0. The molecule has 0 unspecified atom stereocenters. The van der Waals surface area contributed by atoms with E-state index in [-0.39, 0.29) is 53.9 Å². The van der Waals surface area contributed by atoms with E-state index in [1.54, 1.807) is 45.4 Å². The number of Topliss-reactive ketones (excluding diaryl/α,β-unsaturated/α-hetero) is 1. The predicted octanol–water partition coefficient (Wildman–Crippen LogP) is -1.82. The summed E-state index contributed by atoms with van der Waals surface area (Å²) < 4.78 is 14.7. The molecule has 1 aromatic heterocycles. The Labute approximate surface area is 281 Å². The van der Waals surface area contributed by atoms with Crippen LogP contribution >= 0.6 is 23.5 Å². The third kappa shape index (κ3) is 19.5. The number of H-pyrrole nitrogens is 1. The number of ketones is 1. The molecule has 0 aliphatic carbocycles. The molecule has 0 radical (unpaired) electrons. The van der Waals surface area contributed by atoms with Gasteiger partial charge >= 0.3 is 35.5 Å². The fourth-order valence-electron chi connectivity index (χ4n) is 2.66. The molecule has 0 amide bonds. The van der Waals surface area contributed by atoms with Gasteiger partial charge in [0.2, 0.25) is 0 Å². The molecular formula is C28H36N4NaO8S2+. The number of aromatic nitrogens is 2. The second-order valence-electron chi connectivity index (χ2n) is 7.60. The maximum absolute atomic E-state index is 11.6. The zero-order chi connectivity index (χ0) is 32.1. The van der Waals surface area contributed by atoms with Crippen molar-refractivity contribution in [3.05, 3.63) is 70.5 Å². The number of hydrogen-bond acceptors (Lipinski definition) is 11. The number of methoxy groups -OCH3 is 2. The van der Waals surface area contributed by atoms with Crippen LogP contribution in [0.5, 0.6) is 11.5 Å². The van der Waals surface area contributed by atoms with Gasteiger partial charge in [0, 0.05) is 23.2 Å². The fourth-order valence-corrected chi connectivity index (χ4v) is 3.06. The molecule has 0 aliphatic rings. The number of aromatic amines is 1. The minimum absolute atomic E-state index is 0. The van der Waals surface area contributed by atoms with Crippen LogP contribution in [0.2, 0.25) is 0 Å². The average Bonchev–Trinajstić information content (AvgIpc) is 2.97. The molecule has 0 saturated heterocycles. The molecule has 0 bridgehead atoms. The van der Waals surface area contributed by atoms with Crippen molar-refractivity contribution in [1.82, 2.24) is 9.97 Å². The van der Waals surface area contributed by atoms with E-state index in [4.69, 9.17) is 35.3 Å². The third-order valence-corrected chi connectivity index (χ3v) is 5.61. The number of carboxylic acids is 1. The molecular weight excluding hydrogens is 607 g/mol. The summed E-state index contributed by atoms with van der Waals surface area (Å²) >= 11 is 2.76. The normalized spacial score (nSPS) is 9.07. The average molecular weight is 644 g/mol. The van der Waals surface area contributed by atoms with E-state index < -0.39 is 11.9 Å². The second-order valence-corrected chi connectivity index (χ2v) is 9.27. The molecule has 0 aliphatic heterocycles. The molecule has 0 fully saturated rings. The maximum Gasteiger partial charge on any atom is 1.00 e. The Bertz CT molecular complexity index is 1330. The molecule has 0 saturated carbocycles. The molecule has 0 atom stereocenters. The summed E-state index contributed by atoms with van der Waals surface area (Å²) in [5.74, 6) is -0.374.